The summed E-state index contributed by atoms with van der Waals surface area (Å²) in [5.74, 6) is 0. The number of rotatable bonds is 4. The minimum Gasteiger partial charge on any atom is -0.314 e. The highest BCUT2D eigenvalue weighted by atomic mass is 35.5. The van der Waals surface area contributed by atoms with E-state index in [9.17, 15) is 4.79 Å². The van der Waals surface area contributed by atoms with Gasteiger partial charge in [-0.15, -0.1) is 0 Å². The maximum atomic E-state index is 11.8. The molecule has 1 atom stereocenters. The quantitative estimate of drug-likeness (QED) is 0.931. The van der Waals surface area contributed by atoms with Crippen molar-refractivity contribution in [1.82, 2.24) is 14.8 Å². The van der Waals surface area contributed by atoms with Gasteiger partial charge in [0.2, 0.25) is 0 Å². The molecule has 4 nitrogen and oxygen atoms in total. The fourth-order valence-electron chi connectivity index (χ4n) is 2.96. The van der Waals surface area contributed by atoms with Crippen LogP contribution in [0, 0.1) is 6.92 Å². The fourth-order valence-corrected chi connectivity index (χ4v) is 3.92. The highest BCUT2D eigenvalue weighted by Crippen LogP contribution is 2.24. The Morgan fingerprint density at radius 1 is 1.41 bits per heavy atom. The first kappa shape index (κ1) is 15.7. The third-order valence-corrected chi connectivity index (χ3v) is 5.29. The number of hydrogen-bond acceptors (Lipinski definition) is 4. The highest BCUT2D eigenvalue weighted by molar-refractivity contribution is 7.07. The van der Waals surface area contributed by atoms with Gasteiger partial charge in [0.1, 0.15) is 0 Å². The summed E-state index contributed by atoms with van der Waals surface area (Å²) in [4.78, 5) is 14.4. The third-order valence-electron chi connectivity index (χ3n) is 4.17. The molecule has 1 aliphatic heterocycles. The number of nitrogens with zero attached hydrogens (tertiary/aromatic N) is 2. The van der Waals surface area contributed by atoms with Gasteiger partial charge in [-0.2, -0.15) is 0 Å². The number of benzene rings is 1. The van der Waals surface area contributed by atoms with Crippen molar-refractivity contribution in [2.45, 2.75) is 19.5 Å². The predicted octanol–water partition coefficient (Wildman–Crippen LogP) is 2.52. The summed E-state index contributed by atoms with van der Waals surface area (Å²) in [5, 5.41) is 6.14. The van der Waals surface area contributed by atoms with Crippen molar-refractivity contribution >= 4 is 22.9 Å². The van der Waals surface area contributed by atoms with Crippen LogP contribution in [0.3, 0.4) is 0 Å². The van der Waals surface area contributed by atoms with E-state index >= 15 is 0 Å². The van der Waals surface area contributed by atoms with Crippen molar-refractivity contribution in [1.29, 1.82) is 0 Å². The van der Waals surface area contributed by atoms with Crippen LogP contribution in [0.5, 0.6) is 0 Å². The Bertz CT molecular complexity index is 697. The van der Waals surface area contributed by atoms with Crippen molar-refractivity contribution in [3.8, 4) is 0 Å². The number of nitrogens with one attached hydrogen (secondary N) is 1. The summed E-state index contributed by atoms with van der Waals surface area (Å²) >= 11 is 7.40. The smallest absolute Gasteiger partial charge is 0.307 e. The van der Waals surface area contributed by atoms with E-state index in [1.165, 1.54) is 16.9 Å². The van der Waals surface area contributed by atoms with Gasteiger partial charge in [-0.1, -0.05) is 35.1 Å². The zero-order chi connectivity index (χ0) is 15.5. The first-order valence-corrected chi connectivity index (χ1v) is 8.76. The van der Waals surface area contributed by atoms with Crippen LogP contribution in [-0.2, 0) is 6.54 Å². The van der Waals surface area contributed by atoms with Crippen LogP contribution >= 0.6 is 22.9 Å². The Labute approximate surface area is 139 Å². The van der Waals surface area contributed by atoms with Crippen molar-refractivity contribution < 1.29 is 0 Å². The Balaban J connectivity index is 1.74. The number of halogens is 1. The average Bonchev–Trinajstić information content (AvgIpc) is 2.84. The summed E-state index contributed by atoms with van der Waals surface area (Å²) in [5.41, 5.74) is 2.28. The molecule has 2 heterocycles. The van der Waals surface area contributed by atoms with Gasteiger partial charge < -0.3 is 9.88 Å². The second-order valence-electron chi connectivity index (χ2n) is 5.61. The molecule has 1 aromatic carbocycles. The van der Waals surface area contributed by atoms with Gasteiger partial charge in [0.25, 0.3) is 0 Å². The molecule has 3 rings (SSSR count). The van der Waals surface area contributed by atoms with Crippen LogP contribution in [0.2, 0.25) is 5.02 Å². The molecule has 1 saturated heterocycles. The Hall–Kier alpha value is -1.14. The van der Waals surface area contributed by atoms with E-state index in [0.29, 0.717) is 6.04 Å². The second-order valence-corrected chi connectivity index (χ2v) is 6.86. The van der Waals surface area contributed by atoms with Crippen molar-refractivity contribution in [2.75, 3.05) is 26.2 Å². The Kier molecular flexibility index (Phi) is 4.98. The fraction of sp³-hybridized carbons (Fsp3) is 0.438. The lowest BCUT2D eigenvalue weighted by Gasteiger charge is -2.36. The molecule has 6 heteroatoms. The molecule has 1 fully saturated rings. The Morgan fingerprint density at radius 2 is 2.27 bits per heavy atom. The lowest BCUT2D eigenvalue weighted by atomic mass is 10.0. The van der Waals surface area contributed by atoms with Crippen LogP contribution in [0.15, 0.2) is 34.4 Å². The number of aromatic nitrogens is 1. The van der Waals surface area contributed by atoms with Crippen molar-refractivity contribution in [2.24, 2.45) is 0 Å². The molecule has 0 saturated carbocycles. The molecule has 1 unspecified atom stereocenters. The predicted molar refractivity (Wildman–Crippen MR) is 92.0 cm³/mol. The lowest BCUT2D eigenvalue weighted by molar-refractivity contribution is 0.155. The number of hydrogen-bond donors (Lipinski definition) is 1. The standard InChI is InChI=1S/C16H20ClN3OS/c1-12-11-22-16(21)20(12)8-7-19-6-5-18-10-15(19)13-3-2-4-14(17)9-13/h2-4,9,11,15,18H,5-8,10H2,1H3. The van der Waals surface area contributed by atoms with Crippen LogP contribution in [-0.4, -0.2) is 35.6 Å². The number of thiazole rings is 1. The molecule has 1 aliphatic rings. The molecule has 2 aromatic rings. The van der Waals surface area contributed by atoms with Crippen LogP contribution in [0.4, 0.5) is 0 Å². The SMILES string of the molecule is Cc1csc(=O)n1CCN1CCNCC1c1cccc(Cl)c1. The lowest BCUT2D eigenvalue weighted by Crippen LogP contribution is -2.47. The zero-order valence-electron chi connectivity index (χ0n) is 12.6. The highest BCUT2D eigenvalue weighted by Gasteiger charge is 2.23. The van der Waals surface area contributed by atoms with Gasteiger partial charge in [0.15, 0.2) is 0 Å². The van der Waals surface area contributed by atoms with E-state index in [2.05, 4.69) is 16.3 Å². The normalized spacial score (nSPS) is 19.5. The minimum absolute atomic E-state index is 0.131. The molecule has 1 aromatic heterocycles. The summed E-state index contributed by atoms with van der Waals surface area (Å²) < 4.78 is 1.86. The van der Waals surface area contributed by atoms with Gasteiger partial charge in [-0.3, -0.25) is 9.69 Å². The average molecular weight is 338 g/mol. The molecule has 1 N–H and O–H groups in total. The summed E-state index contributed by atoms with van der Waals surface area (Å²) in [6.07, 6.45) is 0. The van der Waals surface area contributed by atoms with Crippen molar-refractivity contribution in [3.63, 3.8) is 0 Å². The van der Waals surface area contributed by atoms with E-state index in [4.69, 9.17) is 11.6 Å². The van der Waals surface area contributed by atoms with E-state index in [-0.39, 0.29) is 4.87 Å². The van der Waals surface area contributed by atoms with E-state index in [0.717, 1.165) is 43.4 Å². The van der Waals surface area contributed by atoms with E-state index in [1.54, 1.807) is 0 Å². The molecule has 0 bridgehead atoms. The molecular formula is C16H20ClN3OS. The summed E-state index contributed by atoms with van der Waals surface area (Å²) in [6, 6.07) is 8.37. The van der Waals surface area contributed by atoms with Crippen LogP contribution < -0.4 is 10.2 Å². The minimum atomic E-state index is 0.131. The van der Waals surface area contributed by atoms with Crippen molar-refractivity contribution in [3.05, 3.63) is 55.6 Å². The maximum absolute atomic E-state index is 11.8. The van der Waals surface area contributed by atoms with E-state index < -0.39 is 0 Å². The maximum Gasteiger partial charge on any atom is 0.307 e. The van der Waals surface area contributed by atoms with Gasteiger partial charge in [0.05, 0.1) is 0 Å². The first-order chi connectivity index (χ1) is 10.6. The molecular weight excluding hydrogens is 318 g/mol. The molecule has 22 heavy (non-hydrogen) atoms. The van der Waals surface area contributed by atoms with Gasteiger partial charge >= 0.3 is 4.87 Å². The van der Waals surface area contributed by atoms with Gasteiger partial charge in [-0.25, -0.2) is 0 Å². The van der Waals surface area contributed by atoms with Gasteiger partial charge in [0, 0.05) is 54.9 Å². The molecule has 0 spiro atoms. The first-order valence-electron chi connectivity index (χ1n) is 7.50. The summed E-state index contributed by atoms with van der Waals surface area (Å²) in [7, 11) is 0. The second kappa shape index (κ2) is 6.96. The summed E-state index contributed by atoms with van der Waals surface area (Å²) in [6.45, 7) is 6.48. The largest absolute Gasteiger partial charge is 0.314 e. The van der Waals surface area contributed by atoms with E-state index in [1.807, 2.05) is 35.1 Å². The molecule has 0 amide bonds. The molecule has 0 aliphatic carbocycles. The number of aryl methyl sites for hydroxylation is 1. The monoisotopic (exact) mass is 337 g/mol. The molecule has 0 radical (unpaired) electrons. The van der Waals surface area contributed by atoms with Crippen LogP contribution in [0.1, 0.15) is 17.3 Å². The number of piperazine rings is 1. The Morgan fingerprint density at radius 3 is 3.00 bits per heavy atom. The topological polar surface area (TPSA) is 37.3 Å². The zero-order valence-corrected chi connectivity index (χ0v) is 14.2. The molecule has 118 valence electrons. The van der Waals surface area contributed by atoms with Gasteiger partial charge in [-0.05, 0) is 24.6 Å². The third kappa shape index (κ3) is 3.43. The van der Waals surface area contributed by atoms with Crippen LogP contribution in [0.25, 0.3) is 0 Å².